The van der Waals surface area contributed by atoms with Gasteiger partial charge in [0.2, 0.25) is 0 Å². The summed E-state index contributed by atoms with van der Waals surface area (Å²) in [5.41, 5.74) is 0.750. The van der Waals surface area contributed by atoms with Crippen molar-refractivity contribution in [3.8, 4) is 0 Å². The zero-order valence-corrected chi connectivity index (χ0v) is 15.5. The molecule has 1 aromatic rings. The molecule has 13 nitrogen and oxygen atoms in total. The Bertz CT molecular complexity index is 602. The molecule has 2 atom stereocenters. The van der Waals surface area contributed by atoms with E-state index in [1.54, 1.807) is 30.3 Å². The van der Waals surface area contributed by atoms with Crippen LogP contribution in [0.25, 0.3) is 0 Å². The minimum Gasteiger partial charge on any atom is -0.480 e. The van der Waals surface area contributed by atoms with Gasteiger partial charge in [-0.3, -0.25) is 20.8 Å². The van der Waals surface area contributed by atoms with Gasteiger partial charge < -0.3 is 15.2 Å². The average molecular weight is 419 g/mol. The summed E-state index contributed by atoms with van der Waals surface area (Å²) in [5.74, 6) is -1.19. The number of hydrogen-bond acceptors (Lipinski definition) is 11. The van der Waals surface area contributed by atoms with E-state index >= 15 is 0 Å². The maximum Gasteiger partial charge on any atom is 0.407 e. The number of carboxylic acids is 1. The number of carbonyl (C=O) groups is 2. The predicted molar refractivity (Wildman–Crippen MR) is 91.6 cm³/mol. The van der Waals surface area contributed by atoms with Crippen molar-refractivity contribution < 1.29 is 49.9 Å². The van der Waals surface area contributed by atoms with Crippen LogP contribution in [0.4, 0.5) is 4.79 Å². The maximum atomic E-state index is 11.8. The van der Waals surface area contributed by atoms with Gasteiger partial charge in [-0.2, -0.15) is 0 Å². The molecule has 0 aromatic heterocycles. The van der Waals surface area contributed by atoms with Crippen molar-refractivity contribution in [2.45, 2.75) is 37.8 Å². The van der Waals surface area contributed by atoms with Crippen molar-refractivity contribution in [2.75, 3.05) is 13.2 Å². The lowest BCUT2D eigenvalue weighted by Crippen LogP contribution is -2.42. The third-order valence-corrected chi connectivity index (χ3v) is 3.65. The molecular weight excluding hydrogens is 394 g/mol. The van der Waals surface area contributed by atoms with E-state index in [4.69, 9.17) is 25.6 Å². The Kier molecular flexibility index (Phi) is 11.7. The number of rotatable bonds is 14. The normalized spacial score (nSPS) is 13.3. The number of nitrogens with one attached hydrogen (secondary N) is 1. The highest BCUT2D eigenvalue weighted by molar-refractivity contribution is 5.80. The summed E-state index contributed by atoms with van der Waals surface area (Å²) in [4.78, 5) is 32.0. The second kappa shape index (κ2) is 13.8. The number of amides is 1. The summed E-state index contributed by atoms with van der Waals surface area (Å²) in [5, 5.41) is 44.7. The first-order valence-electron chi connectivity index (χ1n) is 8.63. The Morgan fingerprint density at radius 1 is 1.03 bits per heavy atom. The molecule has 0 radical (unpaired) electrons. The molecule has 1 amide bonds. The van der Waals surface area contributed by atoms with Crippen molar-refractivity contribution in [1.29, 1.82) is 0 Å². The van der Waals surface area contributed by atoms with E-state index in [0.717, 1.165) is 5.56 Å². The van der Waals surface area contributed by atoms with E-state index in [2.05, 4.69) is 15.0 Å². The molecule has 0 saturated heterocycles. The van der Waals surface area contributed by atoms with Crippen molar-refractivity contribution in [1.82, 2.24) is 16.1 Å². The van der Waals surface area contributed by atoms with E-state index < -0.39 is 41.6 Å². The second-order valence-electron chi connectivity index (χ2n) is 5.89. The molecule has 0 spiro atoms. The van der Waals surface area contributed by atoms with Crippen molar-refractivity contribution in [3.05, 3.63) is 35.9 Å². The van der Waals surface area contributed by atoms with Crippen LogP contribution in [0.5, 0.6) is 0 Å². The topological polar surface area (TPSA) is 181 Å². The molecule has 164 valence electrons. The third kappa shape index (κ3) is 11.9. The van der Waals surface area contributed by atoms with Crippen molar-refractivity contribution in [3.63, 3.8) is 0 Å². The van der Waals surface area contributed by atoms with E-state index in [1.165, 1.54) is 0 Å². The van der Waals surface area contributed by atoms with Crippen LogP contribution in [0.1, 0.15) is 24.8 Å². The fraction of sp³-hybridized carbons (Fsp3) is 0.500. The number of hydrogen-bond donors (Lipinski definition) is 6. The molecule has 29 heavy (non-hydrogen) atoms. The minimum atomic E-state index is -1.19. The number of aliphatic carboxylic acids is 1. The molecule has 2 unspecified atom stereocenters. The molecule has 0 aliphatic carbocycles. The number of unbranched alkanes of at least 4 members (excludes halogenated alkanes) is 1. The molecule has 1 rings (SSSR count). The zero-order chi connectivity index (χ0) is 21.6. The largest absolute Gasteiger partial charge is 0.480 e. The van der Waals surface area contributed by atoms with Crippen LogP contribution in [0.15, 0.2) is 30.3 Å². The van der Waals surface area contributed by atoms with Gasteiger partial charge in [0.1, 0.15) is 18.8 Å². The van der Waals surface area contributed by atoms with Gasteiger partial charge in [-0.25, -0.2) is 19.3 Å². The average Bonchev–Trinajstić information content (AvgIpc) is 2.65. The lowest BCUT2D eigenvalue weighted by Gasteiger charge is -2.19. The van der Waals surface area contributed by atoms with Crippen LogP contribution in [0.2, 0.25) is 0 Å². The number of nitrogens with zero attached hydrogens (tertiary/aromatic N) is 2. The summed E-state index contributed by atoms with van der Waals surface area (Å²) in [6.45, 7) is -0.420. The van der Waals surface area contributed by atoms with E-state index in [1.807, 2.05) is 0 Å². The van der Waals surface area contributed by atoms with E-state index in [0.29, 0.717) is 12.8 Å². The first-order valence-corrected chi connectivity index (χ1v) is 8.63. The van der Waals surface area contributed by atoms with E-state index in [9.17, 15) is 14.7 Å². The number of ether oxygens (including phenoxy) is 1. The summed E-state index contributed by atoms with van der Waals surface area (Å²) >= 11 is 0. The molecule has 0 saturated carbocycles. The lowest BCUT2D eigenvalue weighted by atomic mass is 10.1. The highest BCUT2D eigenvalue weighted by atomic mass is 17.1. The van der Waals surface area contributed by atoms with Gasteiger partial charge in [-0.05, 0) is 24.8 Å². The van der Waals surface area contributed by atoms with Gasteiger partial charge in [0.25, 0.3) is 0 Å². The van der Waals surface area contributed by atoms with Gasteiger partial charge in [-0.15, -0.1) is 0 Å². The van der Waals surface area contributed by atoms with Crippen molar-refractivity contribution >= 4 is 12.1 Å². The predicted octanol–water partition coefficient (Wildman–Crippen LogP) is 0.971. The Morgan fingerprint density at radius 3 is 2.31 bits per heavy atom. The van der Waals surface area contributed by atoms with Crippen LogP contribution < -0.4 is 5.32 Å². The van der Waals surface area contributed by atoms with Crippen LogP contribution in [-0.4, -0.2) is 74.1 Å². The molecule has 0 fully saturated rings. The maximum absolute atomic E-state index is 11.8. The Hall–Kier alpha value is -2.36. The van der Waals surface area contributed by atoms with Gasteiger partial charge in [-0.1, -0.05) is 30.3 Å². The smallest absolute Gasteiger partial charge is 0.407 e. The molecule has 1 aromatic carbocycles. The minimum absolute atomic E-state index is 0.0226. The summed E-state index contributed by atoms with van der Waals surface area (Å²) in [6, 6.07) is 7.68. The molecule has 0 aliphatic heterocycles. The molecule has 6 N–H and O–H groups in total. The van der Waals surface area contributed by atoms with Gasteiger partial charge >= 0.3 is 12.1 Å². The SMILES string of the molecule is O=C(NC(Cc1ccccc1)C(=O)O)OCCCCC(CON(O)O)ON(O)O. The summed E-state index contributed by atoms with van der Waals surface area (Å²) in [7, 11) is 0. The molecule has 0 heterocycles. The highest BCUT2D eigenvalue weighted by Gasteiger charge is 2.21. The fourth-order valence-corrected chi connectivity index (χ4v) is 2.32. The van der Waals surface area contributed by atoms with Crippen LogP contribution in [-0.2, 0) is 25.6 Å². The summed E-state index contributed by atoms with van der Waals surface area (Å²) in [6.07, 6.45) is -0.765. The molecule has 13 heteroatoms. The first-order chi connectivity index (χ1) is 13.8. The Balaban J connectivity index is 2.31. The standard InChI is InChI=1S/C16H25N3O10/c20-15(21)14(10-12-6-2-1-3-7-12)17-16(22)27-9-5-4-8-13(29-19(25)26)11-28-18(23)24/h1-3,6-7,13-14,23-26H,4-5,8-11H2,(H,17,22)(H,20,21). The number of carbonyl (C=O) groups excluding carboxylic acids is 1. The van der Waals surface area contributed by atoms with Gasteiger partial charge in [0, 0.05) is 6.42 Å². The number of carboxylic acid groups (broad SMARTS) is 1. The van der Waals surface area contributed by atoms with Crippen molar-refractivity contribution in [2.24, 2.45) is 0 Å². The zero-order valence-electron chi connectivity index (χ0n) is 15.5. The van der Waals surface area contributed by atoms with Crippen LogP contribution in [0, 0.1) is 0 Å². The first kappa shape index (κ1) is 24.7. The molecule has 0 aliphatic rings. The second-order valence-corrected chi connectivity index (χ2v) is 5.89. The van der Waals surface area contributed by atoms with Gasteiger partial charge in [0.05, 0.1) is 17.4 Å². The Labute approximate surface area is 166 Å². The van der Waals surface area contributed by atoms with Crippen LogP contribution in [0.3, 0.4) is 0 Å². The summed E-state index contributed by atoms with van der Waals surface area (Å²) < 4.78 is 4.94. The number of alkyl carbamates (subject to hydrolysis) is 1. The highest BCUT2D eigenvalue weighted by Crippen LogP contribution is 2.08. The monoisotopic (exact) mass is 419 g/mol. The quantitative estimate of drug-likeness (QED) is 0.186. The Morgan fingerprint density at radius 2 is 1.72 bits per heavy atom. The number of benzene rings is 1. The third-order valence-electron chi connectivity index (χ3n) is 3.65. The van der Waals surface area contributed by atoms with E-state index in [-0.39, 0.29) is 19.4 Å². The molecular formula is C16H25N3O10. The molecule has 0 bridgehead atoms. The fourth-order valence-electron chi connectivity index (χ4n) is 2.32. The van der Waals surface area contributed by atoms with Crippen LogP contribution >= 0.6 is 0 Å². The lowest BCUT2D eigenvalue weighted by molar-refractivity contribution is -0.527. The van der Waals surface area contributed by atoms with Gasteiger partial charge in [0.15, 0.2) is 0 Å².